The predicted molar refractivity (Wildman–Crippen MR) is 145 cm³/mol. The van der Waals surface area contributed by atoms with Crippen LogP contribution in [0.4, 0.5) is 0 Å². The minimum Gasteiger partial charge on any atom is -0.207 e. The Morgan fingerprint density at radius 2 is 1.39 bits per heavy atom. The highest BCUT2D eigenvalue weighted by Gasteiger charge is 2.24. The average molecular weight is 514 g/mol. The Morgan fingerprint density at radius 3 is 1.91 bits per heavy atom. The lowest BCUT2D eigenvalue weighted by Gasteiger charge is -2.17. The number of hydrogen-bond acceptors (Lipinski definition) is 4. The van der Waals surface area contributed by atoms with Crippen molar-refractivity contribution in [2.45, 2.75) is 106 Å². The molecule has 0 spiro atoms. The zero-order valence-corrected chi connectivity index (χ0v) is 23.7. The summed E-state index contributed by atoms with van der Waals surface area (Å²) in [5, 5.41) is 0. The number of benzene rings is 1. The maximum absolute atomic E-state index is 13.0. The van der Waals surface area contributed by atoms with E-state index in [2.05, 4.69) is 11.5 Å². The molecule has 7 heteroatoms. The molecular weight excluding hydrogens is 468 g/mol. The van der Waals surface area contributed by atoms with Crippen molar-refractivity contribution in [3.63, 3.8) is 0 Å². The molecule has 188 valence electrons. The normalized spacial score (nSPS) is 12.3. The van der Waals surface area contributed by atoms with Gasteiger partial charge in [-0.1, -0.05) is 102 Å². The molecule has 0 aliphatic carbocycles. The number of rotatable bonds is 18. The van der Waals surface area contributed by atoms with Gasteiger partial charge in [0.15, 0.2) is 0 Å². The summed E-state index contributed by atoms with van der Waals surface area (Å²) in [6, 6.07) is 5.51. The summed E-state index contributed by atoms with van der Waals surface area (Å²) in [6.07, 6.45) is 20.4. The number of hydrogen-bond donors (Lipinski definition) is 0. The number of thiazole rings is 1. The third-order valence-electron chi connectivity index (χ3n) is 6.47. The Hall–Kier alpha value is -0.630. The molecule has 0 radical (unpaired) electrons. The standard InChI is InChI=1S/C26H45N2O2S3/c1-5-6-7-8-9-10-11-12-13-14-15-16-17-18-21-27(2)33(29,30)23-19-20-25-24(22-23)28(3)26(31-4)32-25/h19-20,22H,5-18,21H2,1-4H3/q+1. The molecule has 0 aliphatic heterocycles. The van der Waals surface area contributed by atoms with Crippen molar-refractivity contribution in [1.29, 1.82) is 0 Å². The van der Waals surface area contributed by atoms with Gasteiger partial charge < -0.3 is 0 Å². The first-order valence-corrected chi connectivity index (χ1v) is 16.3. The second kappa shape index (κ2) is 15.4. The van der Waals surface area contributed by atoms with Crippen molar-refractivity contribution >= 4 is 43.3 Å². The quantitative estimate of drug-likeness (QED) is 0.117. The molecule has 0 aliphatic rings. The number of thioether (sulfide) groups is 1. The van der Waals surface area contributed by atoms with Crippen LogP contribution in [0.3, 0.4) is 0 Å². The van der Waals surface area contributed by atoms with E-state index in [0.717, 1.165) is 23.1 Å². The van der Waals surface area contributed by atoms with E-state index in [9.17, 15) is 8.42 Å². The maximum atomic E-state index is 13.0. The number of unbranched alkanes of at least 4 members (excludes halogenated alkanes) is 13. The van der Waals surface area contributed by atoms with Crippen LogP contribution in [0.1, 0.15) is 96.8 Å². The summed E-state index contributed by atoms with van der Waals surface area (Å²) >= 11 is 3.39. The Balaban J connectivity index is 1.62. The van der Waals surface area contributed by atoms with Gasteiger partial charge in [0.1, 0.15) is 11.7 Å². The molecule has 33 heavy (non-hydrogen) atoms. The Kier molecular flexibility index (Phi) is 13.3. The molecular formula is C26H45N2O2S3+. The molecule has 1 aromatic carbocycles. The lowest BCUT2D eigenvalue weighted by molar-refractivity contribution is -0.676. The number of aromatic nitrogens is 1. The predicted octanol–water partition coefficient (Wildman–Crippen LogP) is 7.55. The van der Waals surface area contributed by atoms with Crippen molar-refractivity contribution in [3.8, 4) is 0 Å². The second-order valence-electron chi connectivity index (χ2n) is 9.18. The SMILES string of the molecule is CCCCCCCCCCCCCCCCN(C)S(=O)(=O)c1ccc2sc(SC)[n+](C)c2c1. The molecule has 0 atom stereocenters. The number of fused-ring (bicyclic) bond motifs is 1. The van der Waals surface area contributed by atoms with Crippen LogP contribution in [0.2, 0.25) is 0 Å². The zero-order valence-electron chi connectivity index (χ0n) is 21.3. The fraction of sp³-hybridized carbons (Fsp3) is 0.731. The lowest BCUT2D eigenvalue weighted by Crippen LogP contribution is -2.30. The summed E-state index contributed by atoms with van der Waals surface area (Å²) in [5.41, 5.74) is 0.982. The van der Waals surface area contributed by atoms with Gasteiger partial charge in [-0.2, -0.15) is 4.57 Å². The van der Waals surface area contributed by atoms with Gasteiger partial charge >= 0.3 is 0 Å². The minimum absolute atomic E-state index is 0.393. The third-order valence-corrected chi connectivity index (χ3v) is 10.7. The van der Waals surface area contributed by atoms with Crippen LogP contribution < -0.4 is 4.57 Å². The largest absolute Gasteiger partial charge is 0.297 e. The van der Waals surface area contributed by atoms with E-state index in [0.29, 0.717) is 11.4 Å². The Bertz CT molecular complexity index is 925. The van der Waals surface area contributed by atoms with Gasteiger partial charge in [0, 0.05) is 19.7 Å². The van der Waals surface area contributed by atoms with Gasteiger partial charge in [0.25, 0.3) is 4.34 Å². The van der Waals surface area contributed by atoms with Gasteiger partial charge in [0.05, 0.1) is 4.90 Å². The third kappa shape index (κ3) is 9.15. The maximum Gasteiger partial charge on any atom is 0.297 e. The molecule has 4 nitrogen and oxygen atoms in total. The van der Waals surface area contributed by atoms with E-state index in [-0.39, 0.29) is 0 Å². The highest BCUT2D eigenvalue weighted by Crippen LogP contribution is 2.28. The fourth-order valence-corrected chi connectivity index (χ4v) is 7.34. The summed E-state index contributed by atoms with van der Waals surface area (Å²) in [6.45, 7) is 2.86. The van der Waals surface area contributed by atoms with E-state index < -0.39 is 10.0 Å². The first kappa shape index (κ1) is 28.6. The van der Waals surface area contributed by atoms with Crippen LogP contribution in [0.15, 0.2) is 27.4 Å². The lowest BCUT2D eigenvalue weighted by atomic mass is 10.0. The van der Waals surface area contributed by atoms with E-state index in [1.165, 1.54) is 85.7 Å². The smallest absolute Gasteiger partial charge is 0.207 e. The van der Waals surface area contributed by atoms with Gasteiger partial charge in [-0.15, -0.1) is 0 Å². The van der Waals surface area contributed by atoms with Gasteiger partial charge in [-0.3, -0.25) is 0 Å². The summed E-state index contributed by atoms with van der Waals surface area (Å²) in [4.78, 5) is 0.393. The molecule has 0 fully saturated rings. The van der Waals surface area contributed by atoms with Gasteiger partial charge in [0.2, 0.25) is 15.5 Å². The number of nitrogens with zero attached hydrogens (tertiary/aromatic N) is 2. The molecule has 0 saturated carbocycles. The number of aryl methyl sites for hydroxylation is 1. The van der Waals surface area contributed by atoms with E-state index in [1.54, 1.807) is 36.2 Å². The molecule has 2 rings (SSSR count). The van der Waals surface area contributed by atoms with Gasteiger partial charge in [-0.05, 0) is 36.6 Å². The van der Waals surface area contributed by atoms with Crippen molar-refractivity contribution in [3.05, 3.63) is 18.2 Å². The molecule has 0 saturated heterocycles. The first-order valence-electron chi connectivity index (χ1n) is 12.8. The average Bonchev–Trinajstić information content (AvgIpc) is 3.14. The Labute approximate surface area is 211 Å². The molecule has 0 amide bonds. The minimum atomic E-state index is -3.44. The highest BCUT2D eigenvalue weighted by molar-refractivity contribution is 8.00. The Morgan fingerprint density at radius 1 is 0.879 bits per heavy atom. The number of sulfonamides is 1. The summed E-state index contributed by atoms with van der Waals surface area (Å²) in [7, 11) is 0.266. The van der Waals surface area contributed by atoms with Crippen molar-refractivity contribution < 1.29 is 13.0 Å². The monoisotopic (exact) mass is 513 g/mol. The van der Waals surface area contributed by atoms with Crippen molar-refractivity contribution in [2.75, 3.05) is 19.8 Å². The molecule has 2 aromatic rings. The van der Waals surface area contributed by atoms with Crippen LogP contribution >= 0.6 is 23.1 Å². The summed E-state index contributed by atoms with van der Waals surface area (Å²) < 4.78 is 32.0. The van der Waals surface area contributed by atoms with Crippen molar-refractivity contribution in [1.82, 2.24) is 4.31 Å². The molecule has 0 N–H and O–H groups in total. The van der Waals surface area contributed by atoms with Gasteiger partial charge in [-0.25, -0.2) is 12.7 Å². The van der Waals surface area contributed by atoms with Crippen molar-refractivity contribution in [2.24, 2.45) is 7.05 Å². The first-order chi connectivity index (χ1) is 15.9. The highest BCUT2D eigenvalue weighted by atomic mass is 32.2. The molecule has 1 aromatic heterocycles. The van der Waals surface area contributed by atoms with Crippen LogP contribution in [0.5, 0.6) is 0 Å². The molecule has 0 unspecified atom stereocenters. The van der Waals surface area contributed by atoms with E-state index >= 15 is 0 Å². The summed E-state index contributed by atoms with van der Waals surface area (Å²) in [5.74, 6) is 0. The van der Waals surface area contributed by atoms with Crippen LogP contribution in [0, 0.1) is 0 Å². The zero-order chi connectivity index (χ0) is 24.1. The van der Waals surface area contributed by atoms with Crippen LogP contribution in [-0.4, -0.2) is 32.6 Å². The van der Waals surface area contributed by atoms with E-state index in [1.807, 2.05) is 25.4 Å². The second-order valence-corrected chi connectivity index (χ2v) is 13.3. The van der Waals surface area contributed by atoms with E-state index in [4.69, 9.17) is 0 Å². The van der Waals surface area contributed by atoms with Crippen LogP contribution in [0.25, 0.3) is 10.2 Å². The molecule has 0 bridgehead atoms. The molecule has 1 heterocycles. The van der Waals surface area contributed by atoms with Crippen LogP contribution in [-0.2, 0) is 17.1 Å². The fourth-order valence-electron chi connectivity index (χ4n) is 4.27. The topological polar surface area (TPSA) is 41.3 Å².